The quantitative estimate of drug-likeness (QED) is 0.801. The molecule has 2 aromatic heterocycles. The predicted molar refractivity (Wildman–Crippen MR) is 87.5 cm³/mol. The lowest BCUT2D eigenvalue weighted by Gasteiger charge is -2.07. The fourth-order valence-corrected chi connectivity index (χ4v) is 2.35. The number of hydrogen-bond donors (Lipinski definition) is 1. The first-order valence-electron chi connectivity index (χ1n) is 7.29. The lowest BCUT2D eigenvalue weighted by molar-refractivity contribution is 0.101. The maximum Gasteiger partial charge on any atom is 0.280 e. The van der Waals surface area contributed by atoms with Crippen LogP contribution >= 0.6 is 0 Å². The molecule has 7 heteroatoms. The van der Waals surface area contributed by atoms with Crippen molar-refractivity contribution in [3.05, 3.63) is 52.6 Å². The summed E-state index contributed by atoms with van der Waals surface area (Å²) in [5.41, 5.74) is 0.693. The van der Waals surface area contributed by atoms with E-state index >= 15 is 0 Å². The smallest absolute Gasteiger partial charge is 0.280 e. The third-order valence-corrected chi connectivity index (χ3v) is 3.57. The molecule has 0 saturated carbocycles. The summed E-state index contributed by atoms with van der Waals surface area (Å²) < 4.78 is 3.25. The summed E-state index contributed by atoms with van der Waals surface area (Å²) in [7, 11) is 1.70. The van der Waals surface area contributed by atoms with E-state index in [0.29, 0.717) is 16.6 Å². The molecule has 7 nitrogen and oxygen atoms in total. The molecule has 0 aliphatic heterocycles. The topological polar surface area (TPSA) is 81.8 Å². The van der Waals surface area contributed by atoms with Crippen molar-refractivity contribution in [2.75, 3.05) is 5.32 Å². The molecule has 23 heavy (non-hydrogen) atoms. The maximum atomic E-state index is 12.5. The van der Waals surface area contributed by atoms with Gasteiger partial charge in [0.1, 0.15) is 0 Å². The van der Waals surface area contributed by atoms with Gasteiger partial charge >= 0.3 is 0 Å². The molecule has 0 aliphatic carbocycles. The van der Waals surface area contributed by atoms with E-state index in [-0.39, 0.29) is 17.2 Å². The number of aromatic nitrogens is 4. The molecular weight excluding hydrogens is 294 g/mol. The molecule has 0 atom stereocenters. The number of nitrogens with zero attached hydrogens (tertiary/aromatic N) is 4. The van der Waals surface area contributed by atoms with Crippen LogP contribution in [0.2, 0.25) is 0 Å². The average Bonchev–Trinajstić information content (AvgIpc) is 2.99. The summed E-state index contributed by atoms with van der Waals surface area (Å²) in [6.07, 6.45) is 3.26. The number of rotatable bonds is 3. The second-order valence-electron chi connectivity index (χ2n) is 5.58. The van der Waals surface area contributed by atoms with Gasteiger partial charge in [-0.2, -0.15) is 10.2 Å². The van der Waals surface area contributed by atoms with E-state index in [0.717, 1.165) is 0 Å². The summed E-state index contributed by atoms with van der Waals surface area (Å²) in [4.78, 5) is 24.9. The summed E-state index contributed by atoms with van der Waals surface area (Å²) >= 11 is 0. The van der Waals surface area contributed by atoms with E-state index in [4.69, 9.17) is 0 Å². The molecule has 3 rings (SSSR count). The van der Waals surface area contributed by atoms with Crippen molar-refractivity contribution in [2.24, 2.45) is 7.05 Å². The standard InChI is InChI=1S/C16H17N5O2/c1-10(2)21-9-11(8-17-21)18-16(23)14-15(22)12-6-4-5-7-13(12)20(3)19-14/h4-10H,1-3H3,(H,18,23). The van der Waals surface area contributed by atoms with Gasteiger partial charge < -0.3 is 5.32 Å². The SMILES string of the molecule is CC(C)n1cc(NC(=O)c2nn(C)c3ccccc3c2=O)cn1. The molecule has 118 valence electrons. The number of carbonyl (C=O) groups is 1. The summed E-state index contributed by atoms with van der Waals surface area (Å²) in [6, 6.07) is 7.25. The Kier molecular flexibility index (Phi) is 3.69. The molecule has 0 radical (unpaired) electrons. The molecule has 0 aliphatic rings. The van der Waals surface area contributed by atoms with E-state index < -0.39 is 5.91 Å². The van der Waals surface area contributed by atoms with E-state index in [1.807, 2.05) is 19.9 Å². The van der Waals surface area contributed by atoms with Crippen LogP contribution in [0.3, 0.4) is 0 Å². The minimum absolute atomic E-state index is 0.136. The number of hydrogen-bond acceptors (Lipinski definition) is 4. The third kappa shape index (κ3) is 2.73. The average molecular weight is 311 g/mol. The Morgan fingerprint density at radius 2 is 2.00 bits per heavy atom. The molecule has 0 bridgehead atoms. The number of benzene rings is 1. The lowest BCUT2D eigenvalue weighted by atomic mass is 10.2. The van der Waals surface area contributed by atoms with Gasteiger partial charge in [-0.05, 0) is 26.0 Å². The van der Waals surface area contributed by atoms with Gasteiger partial charge in [0.2, 0.25) is 5.43 Å². The second kappa shape index (κ2) is 5.68. The zero-order valence-electron chi connectivity index (χ0n) is 13.1. The predicted octanol–water partition coefficient (Wildman–Crippen LogP) is 1.96. The Morgan fingerprint density at radius 3 is 2.70 bits per heavy atom. The summed E-state index contributed by atoms with van der Waals surface area (Å²) in [6.45, 7) is 3.97. The molecular formula is C16H17N5O2. The molecule has 0 fully saturated rings. The van der Waals surface area contributed by atoms with Gasteiger partial charge in [-0.15, -0.1) is 0 Å². The maximum absolute atomic E-state index is 12.5. The molecule has 1 amide bonds. The van der Waals surface area contributed by atoms with Crippen LogP contribution in [-0.4, -0.2) is 25.5 Å². The van der Waals surface area contributed by atoms with Crippen molar-refractivity contribution in [2.45, 2.75) is 19.9 Å². The third-order valence-electron chi connectivity index (χ3n) is 3.57. The fourth-order valence-electron chi connectivity index (χ4n) is 2.35. The first-order valence-corrected chi connectivity index (χ1v) is 7.29. The number of nitrogens with one attached hydrogen (secondary N) is 1. The number of anilines is 1. The lowest BCUT2D eigenvalue weighted by Crippen LogP contribution is -2.26. The zero-order valence-corrected chi connectivity index (χ0v) is 13.1. The van der Waals surface area contributed by atoms with Crippen LogP contribution in [-0.2, 0) is 7.05 Å². The van der Waals surface area contributed by atoms with Crippen molar-refractivity contribution in [1.82, 2.24) is 19.6 Å². The number of para-hydroxylation sites is 1. The Bertz CT molecular complexity index is 939. The molecule has 3 aromatic rings. The monoisotopic (exact) mass is 311 g/mol. The number of amides is 1. The van der Waals surface area contributed by atoms with Gasteiger partial charge in [0.15, 0.2) is 5.69 Å². The Morgan fingerprint density at radius 1 is 1.26 bits per heavy atom. The van der Waals surface area contributed by atoms with Gasteiger partial charge in [-0.3, -0.25) is 19.0 Å². The van der Waals surface area contributed by atoms with Crippen LogP contribution in [0.25, 0.3) is 10.9 Å². The van der Waals surface area contributed by atoms with Crippen LogP contribution in [0.5, 0.6) is 0 Å². The van der Waals surface area contributed by atoms with Crippen molar-refractivity contribution in [1.29, 1.82) is 0 Å². The molecule has 1 N–H and O–H groups in total. The van der Waals surface area contributed by atoms with Gasteiger partial charge in [0.05, 0.1) is 17.4 Å². The van der Waals surface area contributed by atoms with E-state index in [2.05, 4.69) is 15.5 Å². The minimum atomic E-state index is -0.542. The first-order chi connectivity index (χ1) is 11.0. The minimum Gasteiger partial charge on any atom is -0.318 e. The van der Waals surface area contributed by atoms with Crippen LogP contribution < -0.4 is 10.7 Å². The second-order valence-corrected chi connectivity index (χ2v) is 5.58. The Labute approximate surface area is 132 Å². The van der Waals surface area contributed by atoms with E-state index in [1.54, 1.807) is 42.3 Å². The highest BCUT2D eigenvalue weighted by Gasteiger charge is 2.17. The van der Waals surface area contributed by atoms with Crippen molar-refractivity contribution < 1.29 is 4.79 Å². The van der Waals surface area contributed by atoms with Gasteiger partial charge in [-0.25, -0.2) is 0 Å². The highest BCUT2D eigenvalue weighted by molar-refractivity contribution is 6.04. The van der Waals surface area contributed by atoms with Crippen molar-refractivity contribution >= 4 is 22.5 Å². The van der Waals surface area contributed by atoms with Crippen LogP contribution in [0.1, 0.15) is 30.4 Å². The molecule has 0 unspecified atom stereocenters. The highest BCUT2D eigenvalue weighted by atomic mass is 16.2. The van der Waals surface area contributed by atoms with Gasteiger partial charge in [0.25, 0.3) is 5.91 Å². The Hall–Kier alpha value is -2.96. The molecule has 2 heterocycles. The van der Waals surface area contributed by atoms with Crippen LogP contribution in [0.15, 0.2) is 41.5 Å². The van der Waals surface area contributed by atoms with Crippen molar-refractivity contribution in [3.63, 3.8) is 0 Å². The first kappa shape index (κ1) is 15.0. The van der Waals surface area contributed by atoms with E-state index in [9.17, 15) is 9.59 Å². The molecule has 1 aromatic carbocycles. The van der Waals surface area contributed by atoms with Crippen LogP contribution in [0.4, 0.5) is 5.69 Å². The van der Waals surface area contributed by atoms with Gasteiger partial charge in [0, 0.05) is 24.7 Å². The summed E-state index contributed by atoms with van der Waals surface area (Å²) in [5, 5.41) is 11.4. The zero-order chi connectivity index (χ0) is 16.6. The number of fused-ring (bicyclic) bond motifs is 1. The van der Waals surface area contributed by atoms with Crippen molar-refractivity contribution in [3.8, 4) is 0 Å². The largest absolute Gasteiger partial charge is 0.318 e. The summed E-state index contributed by atoms with van der Waals surface area (Å²) in [5.74, 6) is -0.542. The van der Waals surface area contributed by atoms with Crippen LogP contribution in [0, 0.1) is 0 Å². The Balaban J connectivity index is 1.97. The number of carbonyl (C=O) groups excluding carboxylic acids is 1. The van der Waals surface area contributed by atoms with Gasteiger partial charge in [-0.1, -0.05) is 12.1 Å². The normalized spacial score (nSPS) is 11.1. The molecule has 0 saturated heterocycles. The highest BCUT2D eigenvalue weighted by Crippen LogP contribution is 2.12. The number of aryl methyl sites for hydroxylation is 1. The fraction of sp³-hybridized carbons (Fsp3) is 0.250. The van der Waals surface area contributed by atoms with E-state index in [1.165, 1.54) is 4.68 Å². The molecule has 0 spiro atoms.